The number of ketones is 1. The highest BCUT2D eigenvalue weighted by Gasteiger charge is 2.13. The summed E-state index contributed by atoms with van der Waals surface area (Å²) in [6.07, 6.45) is 0.913. The molecule has 1 nitrogen and oxygen atoms in total. The van der Waals surface area contributed by atoms with E-state index >= 15 is 0 Å². The Morgan fingerprint density at radius 3 is 2.81 bits per heavy atom. The lowest BCUT2D eigenvalue weighted by Crippen LogP contribution is -2.01. The maximum absolute atomic E-state index is 12.2. The van der Waals surface area contributed by atoms with Gasteiger partial charge in [-0.3, -0.25) is 4.79 Å². The second-order valence-corrected chi connectivity index (χ2v) is 4.74. The van der Waals surface area contributed by atoms with E-state index in [1.54, 1.807) is 0 Å². The van der Waals surface area contributed by atoms with Crippen molar-refractivity contribution in [1.82, 2.24) is 0 Å². The van der Waals surface area contributed by atoms with Crippen LogP contribution in [0.2, 0.25) is 0 Å². The first-order valence-electron chi connectivity index (χ1n) is 5.40. The van der Waals surface area contributed by atoms with Gasteiger partial charge in [-0.1, -0.05) is 30.7 Å². The fourth-order valence-corrected chi connectivity index (χ4v) is 2.69. The van der Waals surface area contributed by atoms with E-state index in [4.69, 9.17) is 0 Å². The summed E-state index contributed by atoms with van der Waals surface area (Å²) in [6, 6.07) is 9.80. The lowest BCUT2D eigenvalue weighted by Gasteiger charge is -2.02. The summed E-state index contributed by atoms with van der Waals surface area (Å²) in [5, 5.41) is 1.99. The Morgan fingerprint density at radius 2 is 2.12 bits per heavy atom. The van der Waals surface area contributed by atoms with Crippen molar-refractivity contribution in [2.24, 2.45) is 0 Å². The van der Waals surface area contributed by atoms with Gasteiger partial charge in [0.2, 0.25) is 5.78 Å². The van der Waals surface area contributed by atoms with Gasteiger partial charge >= 0.3 is 0 Å². The molecule has 0 bridgehead atoms. The molecule has 16 heavy (non-hydrogen) atoms. The largest absolute Gasteiger partial charge is 0.288 e. The third kappa shape index (κ3) is 2.07. The standard InChI is InChI=1S/C14H14OS/c1-3-11-7-8-16-14(11)13(15)12-6-4-5-10(2)9-12/h4-9H,3H2,1-2H3. The van der Waals surface area contributed by atoms with E-state index in [0.29, 0.717) is 0 Å². The van der Waals surface area contributed by atoms with Gasteiger partial charge in [0.1, 0.15) is 0 Å². The summed E-state index contributed by atoms with van der Waals surface area (Å²) in [5.41, 5.74) is 3.06. The zero-order chi connectivity index (χ0) is 11.5. The number of benzene rings is 1. The molecule has 0 radical (unpaired) electrons. The average Bonchev–Trinajstić information content (AvgIpc) is 2.76. The topological polar surface area (TPSA) is 17.1 Å². The van der Waals surface area contributed by atoms with Crippen LogP contribution < -0.4 is 0 Å². The molecule has 0 N–H and O–H groups in total. The molecule has 1 aromatic heterocycles. The number of hydrogen-bond acceptors (Lipinski definition) is 2. The highest BCUT2D eigenvalue weighted by molar-refractivity contribution is 7.12. The predicted octanol–water partition coefficient (Wildman–Crippen LogP) is 3.85. The Balaban J connectivity index is 2.39. The van der Waals surface area contributed by atoms with Crippen molar-refractivity contribution in [3.05, 3.63) is 57.3 Å². The van der Waals surface area contributed by atoms with Crippen LogP contribution in [0, 0.1) is 6.92 Å². The first-order valence-corrected chi connectivity index (χ1v) is 6.28. The number of hydrogen-bond donors (Lipinski definition) is 0. The second kappa shape index (κ2) is 4.62. The van der Waals surface area contributed by atoms with Crippen molar-refractivity contribution in [3.63, 3.8) is 0 Å². The minimum atomic E-state index is 0.149. The average molecular weight is 230 g/mol. The third-order valence-corrected chi connectivity index (χ3v) is 3.57. The maximum atomic E-state index is 12.2. The van der Waals surface area contributed by atoms with E-state index in [1.807, 2.05) is 42.6 Å². The van der Waals surface area contributed by atoms with Crippen LogP contribution in [0.5, 0.6) is 0 Å². The Morgan fingerprint density at radius 1 is 1.31 bits per heavy atom. The molecule has 0 spiro atoms. The fraction of sp³-hybridized carbons (Fsp3) is 0.214. The van der Waals surface area contributed by atoms with E-state index < -0.39 is 0 Å². The number of carbonyl (C=O) groups excluding carboxylic acids is 1. The zero-order valence-corrected chi connectivity index (χ0v) is 10.3. The fourth-order valence-electron chi connectivity index (χ4n) is 1.73. The van der Waals surface area contributed by atoms with Gasteiger partial charge in [-0.25, -0.2) is 0 Å². The minimum Gasteiger partial charge on any atom is -0.288 e. The first kappa shape index (κ1) is 11.1. The predicted molar refractivity (Wildman–Crippen MR) is 68.3 cm³/mol. The molecular weight excluding hydrogens is 216 g/mol. The van der Waals surface area contributed by atoms with E-state index in [2.05, 4.69) is 6.92 Å². The first-order chi connectivity index (χ1) is 7.72. The zero-order valence-electron chi connectivity index (χ0n) is 9.49. The van der Waals surface area contributed by atoms with Crippen molar-refractivity contribution in [3.8, 4) is 0 Å². The van der Waals surface area contributed by atoms with Gasteiger partial charge in [-0.2, -0.15) is 0 Å². The molecule has 1 heterocycles. The molecule has 0 saturated heterocycles. The van der Waals surface area contributed by atoms with Gasteiger partial charge in [0.15, 0.2) is 0 Å². The van der Waals surface area contributed by atoms with Crippen LogP contribution in [-0.2, 0) is 6.42 Å². The highest BCUT2D eigenvalue weighted by atomic mass is 32.1. The van der Waals surface area contributed by atoms with E-state index in [-0.39, 0.29) is 5.78 Å². The summed E-state index contributed by atoms with van der Waals surface area (Å²) in [7, 11) is 0. The second-order valence-electron chi connectivity index (χ2n) is 3.83. The lowest BCUT2D eigenvalue weighted by atomic mass is 10.0. The third-order valence-electron chi connectivity index (χ3n) is 2.61. The van der Waals surface area contributed by atoms with Crippen molar-refractivity contribution in [2.75, 3.05) is 0 Å². The maximum Gasteiger partial charge on any atom is 0.203 e. The summed E-state index contributed by atoms with van der Waals surface area (Å²) in [4.78, 5) is 13.1. The summed E-state index contributed by atoms with van der Waals surface area (Å²) >= 11 is 1.53. The van der Waals surface area contributed by atoms with Crippen LogP contribution in [-0.4, -0.2) is 5.78 Å². The van der Waals surface area contributed by atoms with Gasteiger partial charge in [-0.15, -0.1) is 11.3 Å². The molecule has 0 atom stereocenters. The van der Waals surface area contributed by atoms with Crippen LogP contribution in [0.4, 0.5) is 0 Å². The summed E-state index contributed by atoms with van der Waals surface area (Å²) in [6.45, 7) is 4.08. The molecule has 0 aliphatic rings. The van der Waals surface area contributed by atoms with Crippen LogP contribution >= 0.6 is 11.3 Å². The molecular formula is C14H14OS. The normalized spacial score (nSPS) is 10.4. The Hall–Kier alpha value is -1.41. The molecule has 82 valence electrons. The minimum absolute atomic E-state index is 0.149. The monoisotopic (exact) mass is 230 g/mol. The van der Waals surface area contributed by atoms with E-state index in [9.17, 15) is 4.79 Å². The van der Waals surface area contributed by atoms with Crippen LogP contribution in [0.3, 0.4) is 0 Å². The van der Waals surface area contributed by atoms with Crippen molar-refractivity contribution < 1.29 is 4.79 Å². The Bertz CT molecular complexity index is 511. The van der Waals surface area contributed by atoms with Crippen molar-refractivity contribution >= 4 is 17.1 Å². The Labute approximate surface area is 99.8 Å². The van der Waals surface area contributed by atoms with Crippen LogP contribution in [0.15, 0.2) is 35.7 Å². The smallest absolute Gasteiger partial charge is 0.203 e. The quantitative estimate of drug-likeness (QED) is 0.732. The van der Waals surface area contributed by atoms with E-state index in [1.165, 1.54) is 11.3 Å². The number of thiophene rings is 1. The van der Waals surface area contributed by atoms with Gasteiger partial charge < -0.3 is 0 Å². The molecule has 0 unspecified atom stereocenters. The highest BCUT2D eigenvalue weighted by Crippen LogP contribution is 2.21. The molecule has 2 heteroatoms. The molecule has 0 aliphatic carbocycles. The Kier molecular flexibility index (Phi) is 3.20. The van der Waals surface area contributed by atoms with Crippen LogP contribution in [0.25, 0.3) is 0 Å². The van der Waals surface area contributed by atoms with Crippen LogP contribution in [0.1, 0.15) is 33.3 Å². The molecule has 0 saturated carbocycles. The number of rotatable bonds is 3. The SMILES string of the molecule is CCc1ccsc1C(=O)c1cccc(C)c1. The van der Waals surface area contributed by atoms with E-state index in [0.717, 1.165) is 28.0 Å². The number of aryl methyl sites for hydroxylation is 2. The molecule has 0 aliphatic heterocycles. The van der Waals surface area contributed by atoms with Gasteiger partial charge in [0.05, 0.1) is 4.88 Å². The molecule has 2 aromatic rings. The van der Waals surface area contributed by atoms with Crippen molar-refractivity contribution in [2.45, 2.75) is 20.3 Å². The summed E-state index contributed by atoms with van der Waals surface area (Å²) < 4.78 is 0. The van der Waals surface area contributed by atoms with Gasteiger partial charge in [0.25, 0.3) is 0 Å². The molecule has 2 rings (SSSR count). The van der Waals surface area contributed by atoms with Gasteiger partial charge in [-0.05, 0) is 36.4 Å². The number of carbonyl (C=O) groups is 1. The lowest BCUT2D eigenvalue weighted by molar-refractivity contribution is 0.104. The molecule has 1 aromatic carbocycles. The molecule has 0 amide bonds. The van der Waals surface area contributed by atoms with Crippen molar-refractivity contribution in [1.29, 1.82) is 0 Å². The van der Waals surface area contributed by atoms with Gasteiger partial charge in [0, 0.05) is 5.56 Å². The summed E-state index contributed by atoms with van der Waals surface area (Å²) in [5.74, 6) is 0.149. The molecule has 0 fully saturated rings.